The molecule has 0 saturated heterocycles. The van der Waals surface area contributed by atoms with Crippen LogP contribution in [0.4, 0.5) is 4.39 Å². The lowest BCUT2D eigenvalue weighted by Crippen LogP contribution is -2.28. The summed E-state index contributed by atoms with van der Waals surface area (Å²) in [6.45, 7) is 2.13. The summed E-state index contributed by atoms with van der Waals surface area (Å²) in [4.78, 5) is 12.0. The van der Waals surface area contributed by atoms with Gasteiger partial charge in [0.25, 0.3) is 0 Å². The van der Waals surface area contributed by atoms with E-state index in [2.05, 4.69) is 37.6 Å². The first kappa shape index (κ1) is 24.3. The second-order valence-electron chi connectivity index (χ2n) is 9.82. The van der Waals surface area contributed by atoms with E-state index in [-0.39, 0.29) is 6.10 Å². The maximum Gasteiger partial charge on any atom is 0.340 e. The normalized spacial score (nSPS) is 23.4. The molecule has 3 rings (SSSR count). The summed E-state index contributed by atoms with van der Waals surface area (Å²) in [6, 6.07) is 9.22. The van der Waals surface area contributed by atoms with E-state index in [1.165, 1.54) is 49.7 Å². The SMILES string of the molecule is CCCCCC[C@H](F)C(=O)O[C@H]1CC[C@H](c2ccc(CCC3CC[CH]CC3)cc2)CC1. The van der Waals surface area contributed by atoms with Crippen molar-refractivity contribution in [3.8, 4) is 0 Å². The molecule has 0 aromatic heterocycles. The van der Waals surface area contributed by atoms with Crippen LogP contribution in [0.3, 0.4) is 0 Å². The van der Waals surface area contributed by atoms with Crippen LogP contribution in [-0.2, 0) is 16.0 Å². The van der Waals surface area contributed by atoms with Crippen LogP contribution in [0, 0.1) is 12.3 Å². The number of esters is 1. The molecule has 2 saturated carbocycles. The standard InChI is InChI=1S/C28H42FO2/c1-2-3-4-8-11-27(29)28(30)31-26-20-18-25(19-21-26)24-16-14-23(15-17-24)13-12-22-9-6-5-7-10-22/h5,14-17,22,25-27H,2-4,6-13,18-21H2,1H3/t25-,26-,27-/m0/s1. The zero-order valence-electron chi connectivity index (χ0n) is 19.5. The number of hydrogen-bond donors (Lipinski definition) is 0. The first-order valence-electron chi connectivity index (χ1n) is 12.9. The van der Waals surface area contributed by atoms with Gasteiger partial charge in [-0.2, -0.15) is 0 Å². The second-order valence-corrected chi connectivity index (χ2v) is 9.82. The van der Waals surface area contributed by atoms with E-state index in [1.54, 1.807) is 0 Å². The highest BCUT2D eigenvalue weighted by atomic mass is 19.1. The fourth-order valence-electron chi connectivity index (χ4n) is 5.23. The Morgan fingerprint density at radius 3 is 2.39 bits per heavy atom. The number of halogens is 1. The van der Waals surface area contributed by atoms with Gasteiger partial charge < -0.3 is 4.74 Å². The molecular formula is C28H42FO2. The summed E-state index contributed by atoms with van der Waals surface area (Å²) < 4.78 is 19.6. The summed E-state index contributed by atoms with van der Waals surface area (Å²) in [5.41, 5.74) is 2.86. The monoisotopic (exact) mass is 429 g/mol. The molecule has 1 aromatic carbocycles. The van der Waals surface area contributed by atoms with Gasteiger partial charge in [-0.3, -0.25) is 0 Å². The predicted molar refractivity (Wildman–Crippen MR) is 126 cm³/mol. The zero-order chi connectivity index (χ0) is 21.9. The van der Waals surface area contributed by atoms with Gasteiger partial charge in [0, 0.05) is 0 Å². The minimum Gasteiger partial charge on any atom is -0.460 e. The fraction of sp³-hybridized carbons (Fsp3) is 0.714. The predicted octanol–water partition coefficient (Wildman–Crippen LogP) is 7.89. The van der Waals surface area contributed by atoms with Crippen molar-refractivity contribution in [3.05, 3.63) is 41.8 Å². The third-order valence-corrected chi connectivity index (χ3v) is 7.37. The van der Waals surface area contributed by atoms with E-state index >= 15 is 0 Å². The smallest absolute Gasteiger partial charge is 0.340 e. The van der Waals surface area contributed by atoms with Crippen LogP contribution in [0.1, 0.15) is 114 Å². The van der Waals surface area contributed by atoms with Crippen molar-refractivity contribution in [2.75, 3.05) is 0 Å². The quantitative estimate of drug-likeness (QED) is 0.264. The second kappa shape index (κ2) is 13.2. The molecule has 0 unspecified atom stereocenters. The number of carbonyl (C=O) groups is 1. The Balaban J connectivity index is 1.35. The maximum atomic E-state index is 14.1. The Hall–Kier alpha value is -1.38. The third kappa shape index (κ3) is 8.24. The first-order valence-corrected chi connectivity index (χ1v) is 12.9. The molecule has 2 nitrogen and oxygen atoms in total. The van der Waals surface area contributed by atoms with E-state index in [1.807, 2.05) is 0 Å². The Labute approximate surface area is 189 Å². The summed E-state index contributed by atoms with van der Waals surface area (Å²) in [7, 11) is 0. The molecule has 31 heavy (non-hydrogen) atoms. The number of rotatable bonds is 11. The number of ether oxygens (including phenoxy) is 1. The lowest BCUT2D eigenvalue weighted by atomic mass is 9.82. The molecule has 2 aliphatic rings. The van der Waals surface area contributed by atoms with E-state index in [4.69, 9.17) is 4.74 Å². The Morgan fingerprint density at radius 1 is 1.00 bits per heavy atom. The van der Waals surface area contributed by atoms with E-state index in [0.717, 1.165) is 57.3 Å². The molecule has 1 atom stereocenters. The highest BCUT2D eigenvalue weighted by Gasteiger charge is 2.27. The van der Waals surface area contributed by atoms with Gasteiger partial charge in [0.15, 0.2) is 6.17 Å². The number of alkyl halides is 1. The molecule has 3 heteroatoms. The molecule has 0 spiro atoms. The molecule has 0 bridgehead atoms. The molecule has 2 aliphatic carbocycles. The van der Waals surface area contributed by atoms with Gasteiger partial charge in [-0.05, 0) is 93.6 Å². The Morgan fingerprint density at radius 2 is 1.71 bits per heavy atom. The Kier molecular flexibility index (Phi) is 10.4. The number of carbonyl (C=O) groups excluding carboxylic acids is 1. The molecular weight excluding hydrogens is 387 g/mol. The van der Waals surface area contributed by atoms with Crippen molar-refractivity contribution < 1.29 is 13.9 Å². The maximum absolute atomic E-state index is 14.1. The number of hydrogen-bond acceptors (Lipinski definition) is 2. The minimum atomic E-state index is -1.45. The molecule has 0 N–H and O–H groups in total. The topological polar surface area (TPSA) is 26.3 Å². The van der Waals surface area contributed by atoms with Gasteiger partial charge in [-0.15, -0.1) is 0 Å². The van der Waals surface area contributed by atoms with Crippen molar-refractivity contribution in [2.24, 2.45) is 5.92 Å². The van der Waals surface area contributed by atoms with Crippen molar-refractivity contribution in [1.29, 1.82) is 0 Å². The van der Waals surface area contributed by atoms with Crippen LogP contribution in [0.2, 0.25) is 0 Å². The van der Waals surface area contributed by atoms with Crippen LogP contribution < -0.4 is 0 Å². The summed E-state index contributed by atoms with van der Waals surface area (Å²) in [6.07, 6.45) is 16.7. The third-order valence-electron chi connectivity index (χ3n) is 7.37. The average Bonchev–Trinajstić information content (AvgIpc) is 2.82. The Bertz CT molecular complexity index is 627. The molecule has 2 fully saturated rings. The molecule has 0 aliphatic heterocycles. The molecule has 0 heterocycles. The van der Waals surface area contributed by atoms with Gasteiger partial charge in [0.2, 0.25) is 0 Å². The van der Waals surface area contributed by atoms with Crippen LogP contribution in [0.15, 0.2) is 24.3 Å². The number of unbranched alkanes of at least 4 members (excludes halogenated alkanes) is 3. The number of benzene rings is 1. The van der Waals surface area contributed by atoms with Crippen molar-refractivity contribution in [1.82, 2.24) is 0 Å². The van der Waals surface area contributed by atoms with Gasteiger partial charge in [0.1, 0.15) is 6.10 Å². The summed E-state index contributed by atoms with van der Waals surface area (Å²) >= 11 is 0. The highest BCUT2D eigenvalue weighted by Crippen LogP contribution is 2.35. The summed E-state index contributed by atoms with van der Waals surface area (Å²) in [5.74, 6) is 0.802. The van der Waals surface area contributed by atoms with Gasteiger partial charge in [0.05, 0.1) is 0 Å². The number of aryl methyl sites for hydroxylation is 1. The van der Waals surface area contributed by atoms with Crippen LogP contribution >= 0.6 is 0 Å². The van der Waals surface area contributed by atoms with E-state index in [0.29, 0.717) is 12.3 Å². The lowest BCUT2D eigenvalue weighted by molar-refractivity contribution is -0.157. The van der Waals surface area contributed by atoms with E-state index < -0.39 is 12.1 Å². The largest absolute Gasteiger partial charge is 0.460 e. The highest BCUT2D eigenvalue weighted by molar-refractivity contribution is 5.74. The zero-order valence-corrected chi connectivity index (χ0v) is 19.5. The van der Waals surface area contributed by atoms with Gasteiger partial charge in [-0.25, -0.2) is 9.18 Å². The molecule has 1 radical (unpaired) electrons. The summed E-state index contributed by atoms with van der Waals surface area (Å²) in [5, 5.41) is 0. The molecule has 1 aromatic rings. The lowest BCUT2D eigenvalue weighted by Gasteiger charge is -2.29. The minimum absolute atomic E-state index is 0.107. The van der Waals surface area contributed by atoms with Crippen molar-refractivity contribution in [3.63, 3.8) is 0 Å². The van der Waals surface area contributed by atoms with Crippen LogP contribution in [0.5, 0.6) is 0 Å². The van der Waals surface area contributed by atoms with Crippen molar-refractivity contribution in [2.45, 2.75) is 121 Å². The van der Waals surface area contributed by atoms with Gasteiger partial charge in [-0.1, -0.05) is 63.3 Å². The van der Waals surface area contributed by atoms with Crippen LogP contribution in [-0.4, -0.2) is 18.2 Å². The fourth-order valence-corrected chi connectivity index (χ4v) is 5.23. The van der Waals surface area contributed by atoms with Crippen molar-refractivity contribution >= 4 is 5.97 Å². The first-order chi connectivity index (χ1) is 15.2. The average molecular weight is 430 g/mol. The molecule has 0 amide bonds. The van der Waals surface area contributed by atoms with Crippen LogP contribution in [0.25, 0.3) is 0 Å². The van der Waals surface area contributed by atoms with Gasteiger partial charge >= 0.3 is 5.97 Å². The molecule has 173 valence electrons. The van der Waals surface area contributed by atoms with E-state index in [9.17, 15) is 9.18 Å².